The average molecular weight is 387 g/mol. The minimum absolute atomic E-state index is 0.0272. The van der Waals surface area contributed by atoms with Crippen LogP contribution in [0.4, 0.5) is 5.69 Å². The second kappa shape index (κ2) is 7.12. The van der Waals surface area contributed by atoms with Gasteiger partial charge in [-0.3, -0.25) is 9.59 Å². The van der Waals surface area contributed by atoms with Crippen LogP contribution in [0.15, 0.2) is 36.4 Å². The number of nitrogens with zero attached hydrogens (tertiary/aromatic N) is 1. The number of aryl methyl sites for hydroxylation is 1. The molecule has 2 heterocycles. The number of hydrogen-bond acceptors (Lipinski definition) is 4. The van der Waals surface area contributed by atoms with E-state index < -0.39 is 0 Å². The molecular formula is C20H19ClN2O4. The number of hydrogen-bond donors (Lipinski definition) is 1. The number of carbonyl (C=O) groups is 2. The van der Waals surface area contributed by atoms with E-state index in [-0.39, 0.29) is 30.9 Å². The van der Waals surface area contributed by atoms with E-state index >= 15 is 0 Å². The van der Waals surface area contributed by atoms with Gasteiger partial charge in [0.25, 0.3) is 0 Å². The van der Waals surface area contributed by atoms with Crippen molar-refractivity contribution in [3.8, 4) is 11.5 Å². The maximum absolute atomic E-state index is 12.6. The van der Waals surface area contributed by atoms with E-state index in [0.29, 0.717) is 35.3 Å². The molecule has 1 saturated heterocycles. The smallest absolute Gasteiger partial charge is 0.231 e. The molecule has 1 atom stereocenters. The van der Waals surface area contributed by atoms with Crippen LogP contribution in [0.1, 0.15) is 17.5 Å². The highest BCUT2D eigenvalue weighted by atomic mass is 35.5. The van der Waals surface area contributed by atoms with Gasteiger partial charge in [0, 0.05) is 30.2 Å². The van der Waals surface area contributed by atoms with E-state index in [1.54, 1.807) is 23.1 Å². The molecule has 27 heavy (non-hydrogen) atoms. The van der Waals surface area contributed by atoms with E-state index in [1.165, 1.54) is 0 Å². The Bertz CT molecular complexity index is 915. The molecule has 0 radical (unpaired) electrons. The number of rotatable bonds is 4. The summed E-state index contributed by atoms with van der Waals surface area (Å²) in [7, 11) is 0. The molecule has 1 fully saturated rings. The van der Waals surface area contributed by atoms with Crippen molar-refractivity contribution < 1.29 is 19.1 Å². The Morgan fingerprint density at radius 2 is 2.04 bits per heavy atom. The van der Waals surface area contributed by atoms with E-state index in [9.17, 15) is 9.59 Å². The summed E-state index contributed by atoms with van der Waals surface area (Å²) in [5.74, 6) is 0.845. The van der Waals surface area contributed by atoms with Crippen molar-refractivity contribution in [2.24, 2.45) is 5.92 Å². The van der Waals surface area contributed by atoms with Gasteiger partial charge in [0.05, 0.1) is 5.92 Å². The summed E-state index contributed by atoms with van der Waals surface area (Å²) >= 11 is 5.95. The second-order valence-electron chi connectivity index (χ2n) is 6.81. The van der Waals surface area contributed by atoms with Gasteiger partial charge in [-0.15, -0.1) is 0 Å². The highest BCUT2D eigenvalue weighted by Crippen LogP contribution is 2.33. The molecular weight excluding hydrogens is 368 g/mol. The first kappa shape index (κ1) is 17.7. The molecule has 2 aromatic carbocycles. The molecule has 6 nitrogen and oxygen atoms in total. The first-order valence-corrected chi connectivity index (χ1v) is 9.11. The number of benzene rings is 2. The third-order valence-electron chi connectivity index (χ3n) is 4.84. The number of amides is 2. The Morgan fingerprint density at radius 3 is 2.85 bits per heavy atom. The van der Waals surface area contributed by atoms with Crippen molar-refractivity contribution in [2.45, 2.75) is 19.9 Å². The Balaban J connectivity index is 1.40. The molecule has 0 spiro atoms. The minimum Gasteiger partial charge on any atom is -0.454 e. The number of ether oxygens (including phenoxy) is 2. The molecule has 2 aliphatic rings. The zero-order chi connectivity index (χ0) is 19.0. The van der Waals surface area contributed by atoms with E-state index in [2.05, 4.69) is 5.32 Å². The van der Waals surface area contributed by atoms with Crippen molar-refractivity contribution in [3.63, 3.8) is 0 Å². The van der Waals surface area contributed by atoms with Crippen LogP contribution in [0.5, 0.6) is 11.5 Å². The minimum atomic E-state index is -0.374. The van der Waals surface area contributed by atoms with Gasteiger partial charge in [-0.2, -0.15) is 0 Å². The zero-order valence-electron chi connectivity index (χ0n) is 14.8. The standard InChI is InChI=1S/C20H19ClN2O4/c1-12-6-15(21)3-4-16(12)22-20(25)14-8-19(24)23(10-14)9-13-2-5-17-18(7-13)27-11-26-17/h2-7,14H,8-11H2,1H3,(H,22,25). The normalized spacial score (nSPS) is 18.1. The van der Waals surface area contributed by atoms with E-state index in [0.717, 1.165) is 11.1 Å². The summed E-state index contributed by atoms with van der Waals surface area (Å²) in [6, 6.07) is 10.9. The molecule has 0 aromatic heterocycles. The lowest BCUT2D eigenvalue weighted by Crippen LogP contribution is -2.28. The molecule has 1 unspecified atom stereocenters. The van der Waals surface area contributed by atoms with Gasteiger partial charge in [0.1, 0.15) is 0 Å². The molecule has 0 saturated carbocycles. The largest absolute Gasteiger partial charge is 0.454 e. The molecule has 7 heteroatoms. The van der Waals surface area contributed by atoms with Crippen molar-refractivity contribution in [2.75, 3.05) is 18.7 Å². The maximum Gasteiger partial charge on any atom is 0.231 e. The number of carbonyl (C=O) groups excluding carboxylic acids is 2. The number of nitrogens with one attached hydrogen (secondary N) is 1. The lowest BCUT2D eigenvalue weighted by atomic mass is 10.1. The molecule has 4 rings (SSSR count). The summed E-state index contributed by atoms with van der Waals surface area (Å²) in [6.07, 6.45) is 0.211. The van der Waals surface area contributed by atoms with Crippen LogP contribution in [0.3, 0.4) is 0 Å². The van der Waals surface area contributed by atoms with Crippen molar-refractivity contribution >= 4 is 29.1 Å². The monoisotopic (exact) mass is 386 g/mol. The number of likely N-dealkylation sites (tertiary alicyclic amines) is 1. The highest BCUT2D eigenvalue weighted by molar-refractivity contribution is 6.30. The lowest BCUT2D eigenvalue weighted by molar-refractivity contribution is -0.128. The quantitative estimate of drug-likeness (QED) is 0.874. The fraction of sp³-hybridized carbons (Fsp3) is 0.300. The predicted octanol–water partition coefficient (Wildman–Crippen LogP) is 3.36. The molecule has 2 aliphatic heterocycles. The SMILES string of the molecule is Cc1cc(Cl)ccc1NC(=O)C1CC(=O)N(Cc2ccc3c(c2)OCO3)C1. The zero-order valence-corrected chi connectivity index (χ0v) is 15.6. The number of anilines is 1. The van der Waals surface area contributed by atoms with Crippen LogP contribution in [0.2, 0.25) is 5.02 Å². The molecule has 2 amide bonds. The third kappa shape index (κ3) is 3.71. The number of halogens is 1. The van der Waals surface area contributed by atoms with Gasteiger partial charge >= 0.3 is 0 Å². The average Bonchev–Trinajstić information content (AvgIpc) is 3.24. The van der Waals surface area contributed by atoms with Gasteiger partial charge in [0.2, 0.25) is 18.6 Å². The third-order valence-corrected chi connectivity index (χ3v) is 5.08. The van der Waals surface area contributed by atoms with Crippen molar-refractivity contribution in [3.05, 3.63) is 52.5 Å². The summed E-state index contributed by atoms with van der Waals surface area (Å²) in [5.41, 5.74) is 2.55. The van der Waals surface area contributed by atoms with Crippen LogP contribution in [-0.4, -0.2) is 30.1 Å². The Labute approximate surface area is 162 Å². The first-order valence-electron chi connectivity index (χ1n) is 8.73. The molecule has 2 aromatic rings. The lowest BCUT2D eigenvalue weighted by Gasteiger charge is -2.17. The molecule has 140 valence electrons. The van der Waals surface area contributed by atoms with E-state index in [4.69, 9.17) is 21.1 Å². The van der Waals surface area contributed by atoms with Gasteiger partial charge in [-0.1, -0.05) is 17.7 Å². The molecule has 1 N–H and O–H groups in total. The fourth-order valence-electron chi connectivity index (χ4n) is 3.36. The molecule has 0 aliphatic carbocycles. The van der Waals surface area contributed by atoms with Crippen LogP contribution >= 0.6 is 11.6 Å². The first-order chi connectivity index (χ1) is 13.0. The van der Waals surface area contributed by atoms with Crippen LogP contribution in [0, 0.1) is 12.8 Å². The summed E-state index contributed by atoms with van der Waals surface area (Å²) in [6.45, 7) is 2.94. The van der Waals surface area contributed by atoms with Gasteiger partial charge in [-0.25, -0.2) is 0 Å². The second-order valence-corrected chi connectivity index (χ2v) is 7.25. The Morgan fingerprint density at radius 1 is 1.22 bits per heavy atom. The van der Waals surface area contributed by atoms with E-state index in [1.807, 2.05) is 25.1 Å². The topological polar surface area (TPSA) is 67.9 Å². The van der Waals surface area contributed by atoms with Gasteiger partial charge in [0.15, 0.2) is 11.5 Å². The predicted molar refractivity (Wildman–Crippen MR) is 101 cm³/mol. The summed E-state index contributed by atoms with van der Waals surface area (Å²) < 4.78 is 10.7. The number of fused-ring (bicyclic) bond motifs is 1. The van der Waals surface area contributed by atoms with Crippen molar-refractivity contribution in [1.29, 1.82) is 0 Å². The summed E-state index contributed by atoms with van der Waals surface area (Å²) in [5, 5.41) is 3.53. The van der Waals surface area contributed by atoms with Crippen LogP contribution in [0.25, 0.3) is 0 Å². The van der Waals surface area contributed by atoms with Crippen LogP contribution < -0.4 is 14.8 Å². The van der Waals surface area contributed by atoms with Gasteiger partial charge < -0.3 is 19.7 Å². The highest BCUT2D eigenvalue weighted by Gasteiger charge is 2.34. The van der Waals surface area contributed by atoms with Gasteiger partial charge in [-0.05, 0) is 48.4 Å². The Kier molecular flexibility index (Phi) is 4.66. The Hall–Kier alpha value is -2.73. The fourth-order valence-corrected chi connectivity index (χ4v) is 3.59. The maximum atomic E-state index is 12.6. The van der Waals surface area contributed by atoms with Crippen molar-refractivity contribution in [1.82, 2.24) is 4.90 Å². The molecule has 0 bridgehead atoms. The van der Waals surface area contributed by atoms with Crippen LogP contribution in [-0.2, 0) is 16.1 Å². The summed E-state index contributed by atoms with van der Waals surface area (Å²) in [4.78, 5) is 26.7.